The summed E-state index contributed by atoms with van der Waals surface area (Å²) in [5, 5.41) is 4.94. The van der Waals surface area contributed by atoms with Crippen LogP contribution >= 0.6 is 27.5 Å². The first-order valence-electron chi connectivity index (χ1n) is 5.99. The predicted molar refractivity (Wildman–Crippen MR) is 88.1 cm³/mol. The molecule has 0 aliphatic rings. The average Bonchev–Trinajstić information content (AvgIpc) is 2.44. The molecule has 1 N–H and O–H groups in total. The lowest BCUT2D eigenvalue weighted by atomic mass is 10.2. The van der Waals surface area contributed by atoms with E-state index in [9.17, 15) is 0 Å². The first-order valence-corrected chi connectivity index (χ1v) is 7.16. The maximum absolute atomic E-state index is 6.06. The number of anilines is 1. The van der Waals surface area contributed by atoms with E-state index < -0.39 is 0 Å². The molecule has 0 atom stereocenters. The lowest BCUT2D eigenvalue weighted by Crippen LogP contribution is -1.95. The highest BCUT2D eigenvalue weighted by Crippen LogP contribution is 2.24. The predicted octanol–water partition coefficient (Wildman–Crippen LogP) is 4.87. The molecule has 0 aliphatic heterocycles. The molecule has 0 bridgehead atoms. The normalized spacial score (nSPS) is 10.8. The Morgan fingerprint density at radius 2 is 2.10 bits per heavy atom. The van der Waals surface area contributed by atoms with Crippen LogP contribution in [0.2, 0.25) is 5.02 Å². The van der Waals surface area contributed by atoms with Gasteiger partial charge in [0.2, 0.25) is 0 Å². The van der Waals surface area contributed by atoms with E-state index in [1.54, 1.807) is 13.3 Å². The number of nitrogens with one attached hydrogen (secondary N) is 1. The summed E-state index contributed by atoms with van der Waals surface area (Å²) in [4.78, 5) is 0. The Morgan fingerprint density at radius 1 is 1.30 bits per heavy atom. The largest absolute Gasteiger partial charge is 0.496 e. The second-order valence-corrected chi connectivity index (χ2v) is 5.49. The SMILES string of the molecule is COc1ccc(Br)cc1C=NNc1cccc(Cl)c1C. The Kier molecular flexibility index (Phi) is 5.04. The maximum Gasteiger partial charge on any atom is 0.127 e. The first-order chi connectivity index (χ1) is 9.61. The van der Waals surface area contributed by atoms with Gasteiger partial charge in [0, 0.05) is 15.1 Å². The minimum atomic E-state index is 0.713. The van der Waals surface area contributed by atoms with E-state index in [1.165, 1.54) is 0 Å². The quantitative estimate of drug-likeness (QED) is 0.628. The van der Waals surface area contributed by atoms with Crippen molar-refractivity contribution in [3.63, 3.8) is 0 Å². The molecule has 0 radical (unpaired) electrons. The summed E-state index contributed by atoms with van der Waals surface area (Å²) in [6, 6.07) is 11.4. The molecule has 104 valence electrons. The van der Waals surface area contributed by atoms with Gasteiger partial charge in [-0.1, -0.05) is 33.6 Å². The third-order valence-electron chi connectivity index (χ3n) is 2.85. The summed E-state index contributed by atoms with van der Waals surface area (Å²) in [6.07, 6.45) is 1.71. The van der Waals surface area contributed by atoms with Gasteiger partial charge >= 0.3 is 0 Å². The van der Waals surface area contributed by atoms with Crippen molar-refractivity contribution in [1.82, 2.24) is 0 Å². The molecular formula is C15H14BrClN2O. The monoisotopic (exact) mass is 352 g/mol. The Bertz CT molecular complexity index is 644. The molecule has 0 saturated carbocycles. The molecule has 0 saturated heterocycles. The molecule has 3 nitrogen and oxygen atoms in total. The van der Waals surface area contributed by atoms with Crippen LogP contribution in [-0.4, -0.2) is 13.3 Å². The Morgan fingerprint density at radius 3 is 2.85 bits per heavy atom. The molecule has 0 amide bonds. The van der Waals surface area contributed by atoms with Gasteiger partial charge in [0.25, 0.3) is 0 Å². The van der Waals surface area contributed by atoms with Crippen LogP contribution in [0.3, 0.4) is 0 Å². The topological polar surface area (TPSA) is 33.6 Å². The molecule has 0 spiro atoms. The van der Waals surface area contributed by atoms with Crippen molar-refractivity contribution < 1.29 is 4.74 Å². The van der Waals surface area contributed by atoms with Crippen LogP contribution in [0.25, 0.3) is 0 Å². The van der Waals surface area contributed by atoms with Crippen LogP contribution < -0.4 is 10.2 Å². The average molecular weight is 354 g/mol. The number of nitrogens with zero attached hydrogens (tertiary/aromatic N) is 1. The summed E-state index contributed by atoms with van der Waals surface area (Å²) in [5.74, 6) is 0.765. The van der Waals surface area contributed by atoms with Crippen molar-refractivity contribution in [2.24, 2.45) is 5.10 Å². The van der Waals surface area contributed by atoms with Gasteiger partial charge in [-0.25, -0.2) is 0 Å². The van der Waals surface area contributed by atoms with Gasteiger partial charge in [-0.2, -0.15) is 5.10 Å². The van der Waals surface area contributed by atoms with Crippen molar-refractivity contribution in [1.29, 1.82) is 0 Å². The number of hydrogen-bond acceptors (Lipinski definition) is 3. The summed E-state index contributed by atoms with van der Waals surface area (Å²) in [7, 11) is 1.63. The minimum Gasteiger partial charge on any atom is -0.496 e. The molecule has 0 aliphatic carbocycles. The highest BCUT2D eigenvalue weighted by Gasteiger charge is 2.02. The zero-order valence-corrected chi connectivity index (χ0v) is 13.5. The Labute approximate surface area is 131 Å². The van der Waals surface area contributed by atoms with Gasteiger partial charge in [0.1, 0.15) is 5.75 Å². The highest BCUT2D eigenvalue weighted by atomic mass is 79.9. The third-order valence-corrected chi connectivity index (χ3v) is 3.75. The number of ether oxygens (including phenoxy) is 1. The van der Waals surface area contributed by atoms with Gasteiger partial charge in [0.15, 0.2) is 0 Å². The van der Waals surface area contributed by atoms with E-state index in [0.29, 0.717) is 5.02 Å². The lowest BCUT2D eigenvalue weighted by molar-refractivity contribution is 0.414. The molecule has 0 heterocycles. The number of methoxy groups -OCH3 is 1. The molecule has 5 heteroatoms. The number of hydrogen-bond donors (Lipinski definition) is 1. The summed E-state index contributed by atoms with van der Waals surface area (Å²) < 4.78 is 6.26. The summed E-state index contributed by atoms with van der Waals surface area (Å²) in [6.45, 7) is 1.94. The molecular weight excluding hydrogens is 340 g/mol. The lowest BCUT2D eigenvalue weighted by Gasteiger charge is -2.07. The van der Waals surface area contributed by atoms with Gasteiger partial charge in [-0.15, -0.1) is 0 Å². The molecule has 0 unspecified atom stereocenters. The van der Waals surface area contributed by atoms with Gasteiger partial charge in [-0.3, -0.25) is 5.43 Å². The Hall–Kier alpha value is -1.52. The third kappa shape index (κ3) is 3.52. The van der Waals surface area contributed by atoms with Crippen molar-refractivity contribution in [3.05, 3.63) is 57.0 Å². The van der Waals surface area contributed by atoms with Crippen molar-refractivity contribution in [2.45, 2.75) is 6.92 Å². The number of hydrazone groups is 1. The van der Waals surface area contributed by atoms with Crippen molar-refractivity contribution >= 4 is 39.4 Å². The summed E-state index contributed by atoms with van der Waals surface area (Å²) in [5.41, 5.74) is 5.71. The van der Waals surface area contributed by atoms with Gasteiger partial charge < -0.3 is 4.74 Å². The van der Waals surface area contributed by atoms with Gasteiger partial charge in [0.05, 0.1) is 19.0 Å². The zero-order chi connectivity index (χ0) is 14.5. The van der Waals surface area contributed by atoms with E-state index in [0.717, 1.165) is 27.0 Å². The van der Waals surface area contributed by atoms with Crippen LogP contribution in [0.5, 0.6) is 5.75 Å². The minimum absolute atomic E-state index is 0.713. The molecule has 2 aromatic carbocycles. The highest BCUT2D eigenvalue weighted by molar-refractivity contribution is 9.10. The van der Waals surface area contributed by atoms with Crippen LogP contribution in [0.15, 0.2) is 46.0 Å². The summed E-state index contributed by atoms with van der Waals surface area (Å²) >= 11 is 9.49. The second-order valence-electron chi connectivity index (χ2n) is 4.17. The maximum atomic E-state index is 6.06. The molecule has 0 aromatic heterocycles. The molecule has 2 aromatic rings. The molecule has 20 heavy (non-hydrogen) atoms. The van der Waals surface area contributed by atoms with Crippen LogP contribution in [0.4, 0.5) is 5.69 Å². The van der Waals surface area contributed by atoms with Crippen molar-refractivity contribution in [2.75, 3.05) is 12.5 Å². The van der Waals surface area contributed by atoms with E-state index in [-0.39, 0.29) is 0 Å². The fraction of sp³-hybridized carbons (Fsp3) is 0.133. The number of benzene rings is 2. The second kappa shape index (κ2) is 6.77. The zero-order valence-electron chi connectivity index (χ0n) is 11.2. The van der Waals surface area contributed by atoms with E-state index >= 15 is 0 Å². The van der Waals surface area contributed by atoms with Crippen LogP contribution in [0.1, 0.15) is 11.1 Å². The standard InChI is InChI=1S/C15H14BrClN2O/c1-10-13(17)4-3-5-14(10)19-18-9-11-8-12(16)6-7-15(11)20-2/h3-9,19H,1-2H3. The fourth-order valence-electron chi connectivity index (χ4n) is 1.71. The first kappa shape index (κ1) is 14.9. The number of halogens is 2. The molecule has 2 rings (SSSR count). The molecule has 0 fully saturated rings. The van der Waals surface area contributed by atoms with E-state index in [1.807, 2.05) is 43.3 Å². The Balaban J connectivity index is 2.18. The van der Waals surface area contributed by atoms with Crippen LogP contribution in [0, 0.1) is 6.92 Å². The number of rotatable bonds is 4. The smallest absolute Gasteiger partial charge is 0.127 e. The van der Waals surface area contributed by atoms with E-state index in [4.69, 9.17) is 16.3 Å². The van der Waals surface area contributed by atoms with Crippen LogP contribution in [-0.2, 0) is 0 Å². The van der Waals surface area contributed by atoms with Gasteiger partial charge in [-0.05, 0) is 42.8 Å². The fourth-order valence-corrected chi connectivity index (χ4v) is 2.26. The van der Waals surface area contributed by atoms with E-state index in [2.05, 4.69) is 26.5 Å². The van der Waals surface area contributed by atoms with Crippen molar-refractivity contribution in [3.8, 4) is 5.75 Å².